The molecule has 1 fully saturated rings. The fourth-order valence-electron chi connectivity index (χ4n) is 2.89. The number of ether oxygens (including phenoxy) is 1. The molecule has 2 aromatic rings. The topological polar surface area (TPSA) is 53.6 Å². The van der Waals surface area contributed by atoms with Gasteiger partial charge in [-0.1, -0.05) is 30.3 Å². The molecule has 2 aromatic carbocycles. The van der Waals surface area contributed by atoms with E-state index in [1.54, 1.807) is 6.07 Å². The smallest absolute Gasteiger partial charge is 0.255 e. The van der Waals surface area contributed by atoms with E-state index in [0.29, 0.717) is 17.9 Å². The summed E-state index contributed by atoms with van der Waals surface area (Å²) in [5.74, 6) is 1.21. The molecule has 1 saturated heterocycles. The van der Waals surface area contributed by atoms with Gasteiger partial charge in [0.05, 0.1) is 5.56 Å². The average Bonchev–Trinajstić information content (AvgIpc) is 2.67. The maximum absolute atomic E-state index is 12.5. The van der Waals surface area contributed by atoms with E-state index in [1.165, 1.54) is 0 Å². The summed E-state index contributed by atoms with van der Waals surface area (Å²) in [7, 11) is 0. The largest absolute Gasteiger partial charge is 0.457 e. The molecule has 0 saturated carbocycles. The predicted octanol–water partition coefficient (Wildman–Crippen LogP) is 2.93. The van der Waals surface area contributed by atoms with Crippen molar-refractivity contribution in [1.82, 2.24) is 15.5 Å². The van der Waals surface area contributed by atoms with Crippen molar-refractivity contribution >= 4 is 18.3 Å². The van der Waals surface area contributed by atoms with E-state index in [4.69, 9.17) is 4.74 Å². The molecule has 6 heteroatoms. The SMILES string of the molecule is Cl.O=C(NCCCN1CCNCC1)c1ccccc1Oc1ccccc1. The lowest BCUT2D eigenvalue weighted by atomic mass is 10.2. The van der Waals surface area contributed by atoms with E-state index in [9.17, 15) is 4.79 Å². The van der Waals surface area contributed by atoms with Crippen LogP contribution in [0.1, 0.15) is 16.8 Å². The van der Waals surface area contributed by atoms with Gasteiger partial charge in [-0.3, -0.25) is 4.79 Å². The molecule has 1 amide bonds. The molecule has 3 rings (SSSR count). The first-order valence-electron chi connectivity index (χ1n) is 8.86. The number of hydrogen-bond acceptors (Lipinski definition) is 4. The maximum atomic E-state index is 12.5. The van der Waals surface area contributed by atoms with Crippen molar-refractivity contribution in [2.45, 2.75) is 6.42 Å². The highest BCUT2D eigenvalue weighted by molar-refractivity contribution is 5.97. The molecule has 0 spiro atoms. The monoisotopic (exact) mass is 375 g/mol. The molecule has 1 aliphatic rings. The first-order chi connectivity index (χ1) is 12.3. The van der Waals surface area contributed by atoms with E-state index in [-0.39, 0.29) is 18.3 Å². The lowest BCUT2D eigenvalue weighted by Gasteiger charge is -2.27. The zero-order valence-electron chi connectivity index (χ0n) is 14.8. The van der Waals surface area contributed by atoms with Gasteiger partial charge in [-0.05, 0) is 37.2 Å². The Morgan fingerprint density at radius 2 is 1.73 bits per heavy atom. The van der Waals surface area contributed by atoms with E-state index < -0.39 is 0 Å². The minimum Gasteiger partial charge on any atom is -0.457 e. The molecule has 140 valence electrons. The van der Waals surface area contributed by atoms with Gasteiger partial charge < -0.3 is 20.3 Å². The van der Waals surface area contributed by atoms with Crippen LogP contribution in [-0.2, 0) is 0 Å². The zero-order chi connectivity index (χ0) is 17.3. The first-order valence-corrected chi connectivity index (χ1v) is 8.86. The number of benzene rings is 2. The Kier molecular flexibility index (Phi) is 8.41. The van der Waals surface area contributed by atoms with Crippen molar-refractivity contribution in [2.24, 2.45) is 0 Å². The Hall–Kier alpha value is -2.08. The van der Waals surface area contributed by atoms with Crippen LogP contribution in [0.25, 0.3) is 0 Å². The molecular formula is C20H26ClN3O2. The molecule has 0 aliphatic carbocycles. The second kappa shape index (κ2) is 10.8. The molecular weight excluding hydrogens is 350 g/mol. The Balaban J connectivity index is 0.00000243. The highest BCUT2D eigenvalue weighted by Gasteiger charge is 2.13. The summed E-state index contributed by atoms with van der Waals surface area (Å²) >= 11 is 0. The maximum Gasteiger partial charge on any atom is 0.255 e. The van der Waals surface area contributed by atoms with Gasteiger partial charge in [-0.15, -0.1) is 12.4 Å². The summed E-state index contributed by atoms with van der Waals surface area (Å²) in [4.78, 5) is 14.9. The van der Waals surface area contributed by atoms with Crippen molar-refractivity contribution < 1.29 is 9.53 Å². The molecule has 5 nitrogen and oxygen atoms in total. The molecule has 26 heavy (non-hydrogen) atoms. The molecule has 0 bridgehead atoms. The van der Waals surface area contributed by atoms with Crippen LogP contribution in [0, 0.1) is 0 Å². The van der Waals surface area contributed by atoms with Gasteiger partial charge in [0, 0.05) is 32.7 Å². The lowest BCUT2D eigenvalue weighted by molar-refractivity contribution is 0.0949. The summed E-state index contributed by atoms with van der Waals surface area (Å²) in [6, 6.07) is 16.9. The Labute approximate surface area is 161 Å². The molecule has 0 radical (unpaired) electrons. The van der Waals surface area contributed by atoms with Crippen LogP contribution in [-0.4, -0.2) is 50.1 Å². The lowest BCUT2D eigenvalue weighted by Crippen LogP contribution is -2.44. The van der Waals surface area contributed by atoms with Crippen LogP contribution in [0.3, 0.4) is 0 Å². The summed E-state index contributed by atoms with van der Waals surface area (Å²) in [6.07, 6.45) is 0.952. The van der Waals surface area contributed by atoms with Crippen molar-refractivity contribution in [1.29, 1.82) is 0 Å². The van der Waals surface area contributed by atoms with Gasteiger partial charge in [0.1, 0.15) is 11.5 Å². The zero-order valence-corrected chi connectivity index (χ0v) is 15.6. The third-order valence-corrected chi connectivity index (χ3v) is 4.25. The van der Waals surface area contributed by atoms with E-state index in [2.05, 4.69) is 15.5 Å². The number of halogens is 1. The molecule has 1 heterocycles. The number of piperazine rings is 1. The second-order valence-electron chi connectivity index (χ2n) is 6.11. The number of amides is 1. The third kappa shape index (κ3) is 6.02. The quantitative estimate of drug-likeness (QED) is 0.730. The first kappa shape index (κ1) is 20.2. The fraction of sp³-hybridized carbons (Fsp3) is 0.350. The van der Waals surface area contributed by atoms with Crippen molar-refractivity contribution in [2.75, 3.05) is 39.3 Å². The highest BCUT2D eigenvalue weighted by Crippen LogP contribution is 2.24. The minimum atomic E-state index is -0.0909. The van der Waals surface area contributed by atoms with Crippen LogP contribution in [0.4, 0.5) is 0 Å². The van der Waals surface area contributed by atoms with Gasteiger partial charge in [0.25, 0.3) is 5.91 Å². The van der Waals surface area contributed by atoms with Crippen LogP contribution in [0.15, 0.2) is 54.6 Å². The van der Waals surface area contributed by atoms with Gasteiger partial charge in [-0.2, -0.15) is 0 Å². The number of nitrogens with zero attached hydrogens (tertiary/aromatic N) is 1. The summed E-state index contributed by atoms with van der Waals surface area (Å²) < 4.78 is 5.86. The van der Waals surface area contributed by atoms with Gasteiger partial charge in [0.2, 0.25) is 0 Å². The normalized spacial score (nSPS) is 14.3. The van der Waals surface area contributed by atoms with Gasteiger partial charge in [0.15, 0.2) is 0 Å². The van der Waals surface area contributed by atoms with Gasteiger partial charge in [-0.25, -0.2) is 0 Å². The molecule has 0 atom stereocenters. The standard InChI is InChI=1S/C20H25N3O2.ClH/c24-20(22-11-6-14-23-15-12-21-13-16-23)18-9-4-5-10-19(18)25-17-7-2-1-3-8-17;/h1-5,7-10,21H,6,11-16H2,(H,22,24);1H. The number of para-hydroxylation sites is 2. The highest BCUT2D eigenvalue weighted by atomic mass is 35.5. The van der Waals surface area contributed by atoms with Crippen molar-refractivity contribution in [3.63, 3.8) is 0 Å². The van der Waals surface area contributed by atoms with Crippen LogP contribution < -0.4 is 15.4 Å². The van der Waals surface area contributed by atoms with E-state index in [1.807, 2.05) is 48.5 Å². The molecule has 0 unspecified atom stereocenters. The number of carbonyl (C=O) groups is 1. The Bertz CT molecular complexity index is 676. The Morgan fingerprint density at radius 3 is 2.50 bits per heavy atom. The van der Waals surface area contributed by atoms with Crippen LogP contribution in [0.5, 0.6) is 11.5 Å². The minimum absolute atomic E-state index is 0. The molecule has 0 aromatic heterocycles. The number of hydrogen-bond donors (Lipinski definition) is 2. The Morgan fingerprint density at radius 1 is 1.04 bits per heavy atom. The number of carbonyl (C=O) groups excluding carboxylic acids is 1. The summed E-state index contributed by atoms with van der Waals surface area (Å²) in [6.45, 7) is 5.96. The second-order valence-corrected chi connectivity index (χ2v) is 6.11. The fourth-order valence-corrected chi connectivity index (χ4v) is 2.89. The average molecular weight is 376 g/mol. The van der Waals surface area contributed by atoms with Crippen molar-refractivity contribution in [3.8, 4) is 11.5 Å². The van der Waals surface area contributed by atoms with E-state index >= 15 is 0 Å². The number of nitrogens with one attached hydrogen (secondary N) is 2. The van der Waals surface area contributed by atoms with Crippen LogP contribution >= 0.6 is 12.4 Å². The van der Waals surface area contributed by atoms with Gasteiger partial charge >= 0.3 is 0 Å². The predicted molar refractivity (Wildman–Crippen MR) is 106 cm³/mol. The molecule has 1 aliphatic heterocycles. The van der Waals surface area contributed by atoms with Crippen LogP contribution in [0.2, 0.25) is 0 Å². The third-order valence-electron chi connectivity index (χ3n) is 4.25. The molecule has 2 N–H and O–H groups in total. The summed E-state index contributed by atoms with van der Waals surface area (Å²) in [5, 5.41) is 6.35. The van der Waals surface area contributed by atoms with E-state index in [0.717, 1.165) is 44.9 Å². The number of rotatable bonds is 7. The summed E-state index contributed by atoms with van der Waals surface area (Å²) in [5.41, 5.74) is 0.563. The van der Waals surface area contributed by atoms with Crippen molar-refractivity contribution in [3.05, 3.63) is 60.2 Å².